The fourth-order valence-corrected chi connectivity index (χ4v) is 2.78. The largest absolute Gasteiger partial charge is 0.491 e. The molecular formula is C21H25NO5. The minimum atomic E-state index is -0.185. The van der Waals surface area contributed by atoms with Crippen molar-refractivity contribution < 1.29 is 23.7 Å². The fraction of sp³-hybridized carbons (Fsp3) is 0.381. The van der Waals surface area contributed by atoms with Crippen LogP contribution >= 0.6 is 0 Å². The Bertz CT molecular complexity index is 726. The van der Waals surface area contributed by atoms with Gasteiger partial charge in [-0.15, -0.1) is 0 Å². The maximum Gasteiger partial charge on any atom is 0.255 e. The Labute approximate surface area is 159 Å². The normalized spacial score (nSPS) is 16.1. The first-order valence-corrected chi connectivity index (χ1v) is 9.12. The van der Waals surface area contributed by atoms with Crippen molar-refractivity contribution in [2.75, 3.05) is 38.9 Å². The van der Waals surface area contributed by atoms with Gasteiger partial charge in [0.15, 0.2) is 0 Å². The molecule has 1 aliphatic heterocycles. The third-order valence-corrected chi connectivity index (χ3v) is 4.22. The lowest BCUT2D eigenvalue weighted by molar-refractivity contribution is 0.0680. The number of methoxy groups -OCH3 is 1. The zero-order chi connectivity index (χ0) is 18.9. The van der Waals surface area contributed by atoms with Crippen molar-refractivity contribution >= 4 is 11.6 Å². The van der Waals surface area contributed by atoms with Crippen LogP contribution in [0, 0.1) is 0 Å². The number of hydrogen-bond donors (Lipinski definition) is 1. The molecule has 1 heterocycles. The molecule has 0 radical (unpaired) electrons. The third-order valence-electron chi connectivity index (χ3n) is 4.22. The highest BCUT2D eigenvalue weighted by molar-refractivity contribution is 6.04. The van der Waals surface area contributed by atoms with Crippen molar-refractivity contribution in [3.05, 3.63) is 54.1 Å². The van der Waals surface area contributed by atoms with E-state index < -0.39 is 0 Å². The zero-order valence-corrected chi connectivity index (χ0v) is 15.5. The SMILES string of the molecule is COCCOc1ccc(C(=O)Nc2cccc(OC[C@H]3CCCO3)c2)cc1. The Kier molecular flexibility index (Phi) is 7.07. The summed E-state index contributed by atoms with van der Waals surface area (Å²) < 4.78 is 21.8. The van der Waals surface area contributed by atoms with E-state index in [-0.39, 0.29) is 12.0 Å². The second kappa shape index (κ2) is 9.94. The molecule has 1 amide bonds. The summed E-state index contributed by atoms with van der Waals surface area (Å²) in [6, 6.07) is 14.4. The van der Waals surface area contributed by atoms with Crippen molar-refractivity contribution in [3.8, 4) is 11.5 Å². The number of ether oxygens (including phenoxy) is 4. The highest BCUT2D eigenvalue weighted by Crippen LogP contribution is 2.21. The van der Waals surface area contributed by atoms with Crippen LogP contribution in [0.3, 0.4) is 0 Å². The van der Waals surface area contributed by atoms with E-state index in [1.165, 1.54) is 0 Å². The standard InChI is InChI=1S/C21H25NO5/c1-24-12-13-26-18-9-7-16(8-10-18)21(23)22-17-4-2-5-19(14-17)27-15-20-6-3-11-25-20/h2,4-5,7-10,14,20H,3,6,11-13,15H2,1H3,(H,22,23)/t20-/m1/s1. The number of benzene rings is 2. The third kappa shape index (κ3) is 5.98. The summed E-state index contributed by atoms with van der Waals surface area (Å²) in [5.74, 6) is 1.23. The van der Waals surface area contributed by atoms with Crippen LogP contribution in [0.5, 0.6) is 11.5 Å². The van der Waals surface area contributed by atoms with Crippen molar-refractivity contribution in [1.29, 1.82) is 0 Å². The zero-order valence-electron chi connectivity index (χ0n) is 15.5. The maximum atomic E-state index is 12.4. The second-order valence-corrected chi connectivity index (χ2v) is 6.29. The summed E-state index contributed by atoms with van der Waals surface area (Å²) in [5, 5.41) is 2.89. The number of carbonyl (C=O) groups excluding carboxylic acids is 1. The molecule has 6 heteroatoms. The van der Waals surface area contributed by atoms with Crippen LogP contribution in [0.4, 0.5) is 5.69 Å². The van der Waals surface area contributed by atoms with Gasteiger partial charge in [-0.2, -0.15) is 0 Å². The van der Waals surface area contributed by atoms with E-state index in [1.807, 2.05) is 24.3 Å². The van der Waals surface area contributed by atoms with Gasteiger partial charge in [0.2, 0.25) is 0 Å². The molecule has 6 nitrogen and oxygen atoms in total. The van der Waals surface area contributed by atoms with Crippen molar-refractivity contribution in [1.82, 2.24) is 0 Å². The van der Waals surface area contributed by atoms with Crippen molar-refractivity contribution in [2.24, 2.45) is 0 Å². The van der Waals surface area contributed by atoms with Gasteiger partial charge < -0.3 is 24.3 Å². The lowest BCUT2D eigenvalue weighted by Crippen LogP contribution is -2.16. The molecule has 1 atom stereocenters. The number of nitrogens with one attached hydrogen (secondary N) is 1. The molecule has 1 saturated heterocycles. The molecule has 144 valence electrons. The Hall–Kier alpha value is -2.57. The molecule has 0 aliphatic carbocycles. The van der Waals surface area contributed by atoms with Gasteiger partial charge in [-0.1, -0.05) is 6.07 Å². The summed E-state index contributed by atoms with van der Waals surface area (Å²) in [5.41, 5.74) is 1.24. The van der Waals surface area contributed by atoms with E-state index in [2.05, 4.69) is 5.32 Å². The van der Waals surface area contributed by atoms with E-state index in [0.29, 0.717) is 42.6 Å². The number of anilines is 1. The molecule has 0 aromatic heterocycles. The molecule has 3 rings (SSSR count). The van der Waals surface area contributed by atoms with Crippen LogP contribution in [-0.2, 0) is 9.47 Å². The fourth-order valence-electron chi connectivity index (χ4n) is 2.78. The lowest BCUT2D eigenvalue weighted by atomic mass is 10.2. The molecule has 1 aliphatic rings. The van der Waals surface area contributed by atoms with Crippen LogP contribution in [0.15, 0.2) is 48.5 Å². The molecular weight excluding hydrogens is 346 g/mol. The Morgan fingerprint density at radius 1 is 1.11 bits per heavy atom. The van der Waals surface area contributed by atoms with Gasteiger partial charge in [0.1, 0.15) is 24.7 Å². The minimum Gasteiger partial charge on any atom is -0.491 e. The monoisotopic (exact) mass is 371 g/mol. The molecule has 27 heavy (non-hydrogen) atoms. The van der Waals surface area contributed by atoms with Crippen LogP contribution in [0.25, 0.3) is 0 Å². The number of hydrogen-bond acceptors (Lipinski definition) is 5. The van der Waals surface area contributed by atoms with Gasteiger partial charge in [0.05, 0.1) is 12.7 Å². The van der Waals surface area contributed by atoms with Crippen molar-refractivity contribution in [3.63, 3.8) is 0 Å². The lowest BCUT2D eigenvalue weighted by Gasteiger charge is -2.13. The summed E-state index contributed by atoms with van der Waals surface area (Å²) in [6.07, 6.45) is 2.27. The second-order valence-electron chi connectivity index (χ2n) is 6.29. The smallest absolute Gasteiger partial charge is 0.255 e. The Morgan fingerprint density at radius 2 is 1.96 bits per heavy atom. The van der Waals surface area contributed by atoms with Crippen LogP contribution in [-0.4, -0.2) is 45.5 Å². The van der Waals surface area contributed by atoms with E-state index >= 15 is 0 Å². The van der Waals surface area contributed by atoms with Crippen LogP contribution in [0.1, 0.15) is 23.2 Å². The first-order chi connectivity index (χ1) is 13.2. The maximum absolute atomic E-state index is 12.4. The first kappa shape index (κ1) is 19.2. The predicted molar refractivity (Wildman–Crippen MR) is 103 cm³/mol. The predicted octanol–water partition coefficient (Wildman–Crippen LogP) is 3.52. The topological polar surface area (TPSA) is 66.0 Å². The molecule has 2 aromatic carbocycles. The molecule has 1 fully saturated rings. The minimum absolute atomic E-state index is 0.160. The Morgan fingerprint density at radius 3 is 2.70 bits per heavy atom. The molecule has 2 aromatic rings. The highest BCUT2D eigenvalue weighted by Gasteiger charge is 2.16. The summed E-state index contributed by atoms with van der Waals surface area (Å²) in [4.78, 5) is 12.4. The van der Waals surface area contributed by atoms with E-state index in [4.69, 9.17) is 18.9 Å². The van der Waals surface area contributed by atoms with Gasteiger partial charge in [0.25, 0.3) is 5.91 Å². The summed E-state index contributed by atoms with van der Waals surface area (Å²) in [7, 11) is 1.62. The van der Waals surface area contributed by atoms with Gasteiger partial charge in [-0.05, 0) is 49.2 Å². The molecule has 0 saturated carbocycles. The van der Waals surface area contributed by atoms with Crippen LogP contribution < -0.4 is 14.8 Å². The van der Waals surface area contributed by atoms with Gasteiger partial charge in [-0.3, -0.25) is 4.79 Å². The van der Waals surface area contributed by atoms with Crippen LogP contribution in [0.2, 0.25) is 0 Å². The molecule has 0 unspecified atom stereocenters. The van der Waals surface area contributed by atoms with E-state index in [9.17, 15) is 4.79 Å². The molecule has 1 N–H and O–H groups in total. The summed E-state index contributed by atoms with van der Waals surface area (Å²) >= 11 is 0. The summed E-state index contributed by atoms with van der Waals surface area (Å²) in [6.45, 7) is 2.33. The van der Waals surface area contributed by atoms with Gasteiger partial charge in [-0.25, -0.2) is 0 Å². The van der Waals surface area contributed by atoms with Gasteiger partial charge >= 0.3 is 0 Å². The number of amides is 1. The quantitative estimate of drug-likeness (QED) is 0.683. The average Bonchev–Trinajstić information content (AvgIpc) is 3.21. The molecule has 0 bridgehead atoms. The first-order valence-electron chi connectivity index (χ1n) is 9.12. The van der Waals surface area contributed by atoms with E-state index in [1.54, 1.807) is 31.4 Å². The van der Waals surface area contributed by atoms with Crippen molar-refractivity contribution in [2.45, 2.75) is 18.9 Å². The molecule has 0 spiro atoms. The number of carbonyl (C=O) groups is 1. The average molecular weight is 371 g/mol. The number of rotatable bonds is 9. The Balaban J connectivity index is 1.53. The van der Waals surface area contributed by atoms with Gasteiger partial charge in [0, 0.05) is 31.0 Å². The van der Waals surface area contributed by atoms with E-state index in [0.717, 1.165) is 19.4 Å². The highest BCUT2D eigenvalue weighted by atomic mass is 16.5.